The van der Waals surface area contributed by atoms with Crippen molar-refractivity contribution < 1.29 is 4.74 Å². The maximum absolute atomic E-state index is 6.58. The second kappa shape index (κ2) is 21.8. The van der Waals surface area contributed by atoms with E-state index in [0.717, 1.165) is 53.3 Å². The van der Waals surface area contributed by atoms with Crippen LogP contribution in [0.4, 0.5) is 0 Å². The summed E-state index contributed by atoms with van der Waals surface area (Å²) in [6.07, 6.45) is 38.9. The molecule has 3 fully saturated rings. The van der Waals surface area contributed by atoms with E-state index in [1.165, 1.54) is 166 Å². The number of unbranched alkanes of at least 4 members (excludes halogenated alkanes) is 13. The fraction of sp³-hybridized carbons (Fsp3) is 0.958. The van der Waals surface area contributed by atoms with Crippen molar-refractivity contribution in [1.82, 2.24) is 0 Å². The first-order chi connectivity index (χ1) is 24.1. The molecule has 0 bridgehead atoms. The van der Waals surface area contributed by atoms with E-state index in [0.29, 0.717) is 16.9 Å². The highest BCUT2D eigenvalue weighted by molar-refractivity contribution is 7.99. The third-order valence-electron chi connectivity index (χ3n) is 15.5. The van der Waals surface area contributed by atoms with E-state index in [2.05, 4.69) is 73.2 Å². The monoisotopic (exact) mass is 713 g/mol. The zero-order valence-corrected chi connectivity index (χ0v) is 36.0. The molecule has 4 aliphatic carbocycles. The fourth-order valence-electron chi connectivity index (χ4n) is 11.8. The quantitative estimate of drug-likeness (QED) is 0.0688. The summed E-state index contributed by atoms with van der Waals surface area (Å²) < 4.78 is 6.58. The molecule has 1 nitrogen and oxygen atoms in total. The van der Waals surface area contributed by atoms with Crippen LogP contribution in [0.25, 0.3) is 0 Å². The predicted molar refractivity (Wildman–Crippen MR) is 224 cm³/mol. The van der Waals surface area contributed by atoms with Crippen molar-refractivity contribution in [2.45, 2.75) is 227 Å². The van der Waals surface area contributed by atoms with Gasteiger partial charge < -0.3 is 4.74 Å². The lowest BCUT2D eigenvalue weighted by Gasteiger charge is -2.58. The van der Waals surface area contributed by atoms with Gasteiger partial charge in [0.15, 0.2) is 0 Å². The lowest BCUT2D eigenvalue weighted by molar-refractivity contribution is -0.0641. The van der Waals surface area contributed by atoms with E-state index < -0.39 is 0 Å². The summed E-state index contributed by atoms with van der Waals surface area (Å²) in [5.41, 5.74) is 2.86. The summed E-state index contributed by atoms with van der Waals surface area (Å²) in [5, 5.41) is 0.822. The molecule has 50 heavy (non-hydrogen) atoms. The van der Waals surface area contributed by atoms with Crippen LogP contribution < -0.4 is 0 Å². The molecule has 0 aliphatic heterocycles. The van der Waals surface area contributed by atoms with Crippen LogP contribution in [0, 0.1) is 52.3 Å². The minimum Gasteiger partial charge on any atom is -0.378 e. The van der Waals surface area contributed by atoms with Gasteiger partial charge in [0.1, 0.15) is 0 Å². The molecule has 0 amide bonds. The van der Waals surface area contributed by atoms with Gasteiger partial charge in [-0.1, -0.05) is 163 Å². The SMILES string of the molecule is CC(C)CCCC(C)C1CCC2C3CC=C4C[C@@H](OCCCCCCCCCCCCCCCCSC(C)C(C)C)CCC4(C)C3CCC12C. The van der Waals surface area contributed by atoms with Gasteiger partial charge in [0.2, 0.25) is 0 Å². The number of hydrogen-bond acceptors (Lipinski definition) is 2. The minimum atomic E-state index is 0.454. The first kappa shape index (κ1) is 42.8. The topological polar surface area (TPSA) is 9.23 Å². The van der Waals surface area contributed by atoms with E-state index in [-0.39, 0.29) is 0 Å². The molecule has 3 saturated carbocycles. The molecular formula is C48H88OS. The minimum absolute atomic E-state index is 0.454. The molecule has 8 unspecified atom stereocenters. The number of ether oxygens (including phenoxy) is 1. The van der Waals surface area contributed by atoms with Gasteiger partial charge in [-0.15, -0.1) is 0 Å². The fourth-order valence-corrected chi connectivity index (χ4v) is 13.0. The molecule has 0 aromatic rings. The molecule has 4 rings (SSSR count). The molecule has 0 radical (unpaired) electrons. The normalized spacial score (nSPS) is 32.1. The Morgan fingerprint density at radius 3 is 1.92 bits per heavy atom. The Hall–Kier alpha value is 0.0500. The van der Waals surface area contributed by atoms with Gasteiger partial charge >= 0.3 is 0 Å². The average molecular weight is 713 g/mol. The smallest absolute Gasteiger partial charge is 0.0612 e. The van der Waals surface area contributed by atoms with Crippen LogP contribution in [-0.2, 0) is 4.74 Å². The van der Waals surface area contributed by atoms with Gasteiger partial charge in [-0.2, -0.15) is 11.8 Å². The Morgan fingerprint density at radius 1 is 0.680 bits per heavy atom. The van der Waals surface area contributed by atoms with Crippen LogP contribution in [-0.4, -0.2) is 23.7 Å². The van der Waals surface area contributed by atoms with Crippen molar-refractivity contribution in [2.24, 2.45) is 52.3 Å². The van der Waals surface area contributed by atoms with Gasteiger partial charge in [0.05, 0.1) is 6.10 Å². The van der Waals surface area contributed by atoms with Gasteiger partial charge in [0, 0.05) is 11.9 Å². The third kappa shape index (κ3) is 12.3. The summed E-state index contributed by atoms with van der Waals surface area (Å²) in [5.74, 6) is 7.77. The van der Waals surface area contributed by atoms with Crippen molar-refractivity contribution in [2.75, 3.05) is 12.4 Å². The van der Waals surface area contributed by atoms with Crippen molar-refractivity contribution in [3.05, 3.63) is 11.6 Å². The van der Waals surface area contributed by atoms with Crippen molar-refractivity contribution in [3.63, 3.8) is 0 Å². The molecule has 2 heteroatoms. The van der Waals surface area contributed by atoms with Crippen LogP contribution in [0.2, 0.25) is 0 Å². The number of thioether (sulfide) groups is 1. The standard InChI is InChI=1S/C48H88OS/c1-37(2)24-23-25-39(5)44-28-29-45-43-27-26-41-36-42(30-32-47(41,7)46(43)31-33-48(44,45)8)49-34-21-19-17-15-13-11-9-10-12-14-16-18-20-22-35-50-40(6)38(3)4/h26,37-40,42-46H,9-25,27-36H2,1-8H3/t39?,40?,42-,43?,44?,45?,46?,47?,48?/m0/s1. The highest BCUT2D eigenvalue weighted by Crippen LogP contribution is 2.67. The van der Waals surface area contributed by atoms with Crippen molar-refractivity contribution in [3.8, 4) is 0 Å². The Labute approximate surface area is 318 Å². The largest absolute Gasteiger partial charge is 0.378 e. The summed E-state index contributed by atoms with van der Waals surface area (Å²) in [6.45, 7) is 20.9. The summed E-state index contributed by atoms with van der Waals surface area (Å²) in [7, 11) is 0. The van der Waals surface area contributed by atoms with Crippen LogP contribution in [0.15, 0.2) is 11.6 Å². The first-order valence-electron chi connectivity index (χ1n) is 23.0. The Morgan fingerprint density at radius 2 is 1.30 bits per heavy atom. The maximum atomic E-state index is 6.58. The van der Waals surface area contributed by atoms with Gasteiger partial charge in [-0.3, -0.25) is 0 Å². The molecule has 0 spiro atoms. The van der Waals surface area contributed by atoms with E-state index in [4.69, 9.17) is 4.74 Å². The molecule has 4 aliphatic rings. The molecule has 0 saturated heterocycles. The second-order valence-electron chi connectivity index (χ2n) is 19.8. The third-order valence-corrected chi connectivity index (χ3v) is 17.1. The van der Waals surface area contributed by atoms with E-state index >= 15 is 0 Å². The Balaban J connectivity index is 1.02. The van der Waals surface area contributed by atoms with Crippen molar-refractivity contribution >= 4 is 11.8 Å². The molecule has 0 aromatic heterocycles. The number of rotatable bonds is 25. The first-order valence-corrected chi connectivity index (χ1v) is 24.0. The summed E-state index contributed by atoms with van der Waals surface area (Å²) in [6, 6.07) is 0. The maximum Gasteiger partial charge on any atom is 0.0612 e. The van der Waals surface area contributed by atoms with E-state index in [1.54, 1.807) is 5.57 Å². The van der Waals surface area contributed by atoms with Crippen LogP contribution in [0.3, 0.4) is 0 Å². The number of fused-ring (bicyclic) bond motifs is 5. The van der Waals surface area contributed by atoms with Gasteiger partial charge in [-0.05, 0) is 122 Å². The molecule has 0 heterocycles. The summed E-state index contributed by atoms with van der Waals surface area (Å²) in [4.78, 5) is 0. The van der Waals surface area contributed by atoms with Crippen LogP contribution in [0.1, 0.15) is 216 Å². The zero-order valence-electron chi connectivity index (χ0n) is 35.2. The summed E-state index contributed by atoms with van der Waals surface area (Å²) >= 11 is 2.18. The van der Waals surface area contributed by atoms with Crippen molar-refractivity contribution in [1.29, 1.82) is 0 Å². The second-order valence-corrected chi connectivity index (χ2v) is 21.3. The molecule has 0 N–H and O–H groups in total. The predicted octanol–water partition coefficient (Wildman–Crippen LogP) is 15.7. The van der Waals surface area contributed by atoms with E-state index in [1.807, 2.05) is 0 Å². The Bertz CT molecular complexity index is 954. The average Bonchev–Trinajstić information content (AvgIpc) is 3.44. The highest BCUT2D eigenvalue weighted by atomic mass is 32.2. The number of allylic oxidation sites excluding steroid dienone is 1. The highest BCUT2D eigenvalue weighted by Gasteiger charge is 2.59. The molecular weight excluding hydrogens is 625 g/mol. The van der Waals surface area contributed by atoms with E-state index in [9.17, 15) is 0 Å². The van der Waals surface area contributed by atoms with Crippen LogP contribution >= 0.6 is 11.8 Å². The zero-order chi connectivity index (χ0) is 36.0. The van der Waals surface area contributed by atoms with Gasteiger partial charge in [0.25, 0.3) is 0 Å². The number of hydrogen-bond donors (Lipinski definition) is 0. The molecule has 292 valence electrons. The van der Waals surface area contributed by atoms with Gasteiger partial charge in [-0.25, -0.2) is 0 Å². The Kier molecular flexibility index (Phi) is 18.7. The molecule has 0 aromatic carbocycles. The lowest BCUT2D eigenvalue weighted by atomic mass is 9.47. The van der Waals surface area contributed by atoms with Crippen LogP contribution in [0.5, 0.6) is 0 Å². The molecule has 9 atom stereocenters. The lowest BCUT2D eigenvalue weighted by Crippen LogP contribution is -2.51.